The molecule has 0 aromatic carbocycles. The molecule has 1 aliphatic heterocycles. The third kappa shape index (κ3) is 1.82. The average molecular weight is 188 g/mol. The molecule has 3 heteroatoms. The summed E-state index contributed by atoms with van der Waals surface area (Å²) in [5.41, 5.74) is 2.33. The van der Waals surface area contributed by atoms with Crippen LogP contribution in [-0.4, -0.2) is 17.8 Å². The minimum atomic E-state index is 0.468. The highest BCUT2D eigenvalue weighted by atomic mass is 16.1. The number of hydrogen-bond donors (Lipinski definition) is 1. The van der Waals surface area contributed by atoms with E-state index >= 15 is 0 Å². The Labute approximate surface area is 82.9 Å². The van der Waals surface area contributed by atoms with Crippen LogP contribution in [0.25, 0.3) is 6.08 Å². The summed E-state index contributed by atoms with van der Waals surface area (Å²) in [5.74, 6) is 0.998. The molecule has 0 bridgehead atoms. The zero-order valence-electron chi connectivity index (χ0n) is 7.86. The lowest BCUT2D eigenvalue weighted by Crippen LogP contribution is -1.92. The molecule has 2 rings (SSSR count). The van der Waals surface area contributed by atoms with Crippen LogP contribution < -0.4 is 5.32 Å². The maximum absolute atomic E-state index is 10.1. The minimum Gasteiger partial charge on any atom is -0.370 e. The van der Waals surface area contributed by atoms with E-state index in [0.29, 0.717) is 6.42 Å². The number of hydrogen-bond acceptors (Lipinski definition) is 3. The van der Waals surface area contributed by atoms with E-state index in [1.54, 1.807) is 0 Å². The Morgan fingerprint density at radius 3 is 3.36 bits per heavy atom. The highest BCUT2D eigenvalue weighted by molar-refractivity contribution is 5.60. The summed E-state index contributed by atoms with van der Waals surface area (Å²) in [6.45, 7) is 0.976. The van der Waals surface area contributed by atoms with Crippen LogP contribution in [-0.2, 0) is 11.2 Å². The fourth-order valence-corrected chi connectivity index (χ4v) is 1.54. The van der Waals surface area contributed by atoms with E-state index in [1.165, 1.54) is 5.56 Å². The van der Waals surface area contributed by atoms with Crippen LogP contribution in [0.1, 0.15) is 17.5 Å². The molecule has 72 valence electrons. The van der Waals surface area contributed by atoms with Gasteiger partial charge in [-0.25, -0.2) is 4.98 Å². The highest BCUT2D eigenvalue weighted by Gasteiger charge is 2.10. The first-order chi connectivity index (χ1) is 6.90. The standard InChI is InChI=1S/C11H12N2O/c14-6-2-1-3-9-7-10-4-5-12-11(10)13-8-9/h1,3,6-8H,2,4-5H2,(H,12,13). The predicted molar refractivity (Wildman–Crippen MR) is 56.1 cm³/mol. The molecule has 1 aromatic heterocycles. The smallest absolute Gasteiger partial charge is 0.129 e. The topological polar surface area (TPSA) is 42.0 Å². The quantitative estimate of drug-likeness (QED) is 0.733. The lowest BCUT2D eigenvalue weighted by Gasteiger charge is -1.98. The number of anilines is 1. The van der Waals surface area contributed by atoms with Gasteiger partial charge in [0.15, 0.2) is 0 Å². The summed E-state index contributed by atoms with van der Waals surface area (Å²) in [6, 6.07) is 2.11. The second kappa shape index (κ2) is 4.05. The Bertz CT molecular complexity index is 372. The first-order valence-electron chi connectivity index (χ1n) is 4.73. The molecule has 0 spiro atoms. The fourth-order valence-electron chi connectivity index (χ4n) is 1.54. The molecule has 0 aliphatic carbocycles. The summed E-state index contributed by atoms with van der Waals surface area (Å²) < 4.78 is 0. The summed E-state index contributed by atoms with van der Waals surface area (Å²) in [5, 5.41) is 3.20. The van der Waals surface area contributed by atoms with E-state index in [2.05, 4.69) is 16.4 Å². The van der Waals surface area contributed by atoms with Crippen LogP contribution in [0.5, 0.6) is 0 Å². The second-order valence-corrected chi connectivity index (χ2v) is 3.26. The molecule has 14 heavy (non-hydrogen) atoms. The molecule has 0 saturated heterocycles. The van der Waals surface area contributed by atoms with Gasteiger partial charge in [0.25, 0.3) is 0 Å². The van der Waals surface area contributed by atoms with Crippen molar-refractivity contribution in [3.63, 3.8) is 0 Å². The van der Waals surface area contributed by atoms with Gasteiger partial charge in [0.2, 0.25) is 0 Å². The molecule has 3 nitrogen and oxygen atoms in total. The number of carbonyl (C=O) groups excluding carboxylic acids is 1. The molecular weight excluding hydrogens is 176 g/mol. The van der Waals surface area contributed by atoms with Crippen molar-refractivity contribution < 1.29 is 4.79 Å². The number of aldehydes is 1. The summed E-state index contributed by atoms with van der Waals surface area (Å²) in [4.78, 5) is 14.4. The monoisotopic (exact) mass is 188 g/mol. The van der Waals surface area contributed by atoms with Crippen LogP contribution >= 0.6 is 0 Å². The van der Waals surface area contributed by atoms with Crippen molar-refractivity contribution in [3.05, 3.63) is 29.5 Å². The largest absolute Gasteiger partial charge is 0.370 e. The Morgan fingerprint density at radius 1 is 1.57 bits per heavy atom. The Balaban J connectivity index is 2.16. The maximum Gasteiger partial charge on any atom is 0.129 e. The zero-order valence-corrected chi connectivity index (χ0v) is 7.86. The molecule has 2 heterocycles. The van der Waals surface area contributed by atoms with Gasteiger partial charge in [-0.3, -0.25) is 0 Å². The van der Waals surface area contributed by atoms with Crippen LogP contribution in [0, 0.1) is 0 Å². The number of rotatable bonds is 3. The molecule has 1 aliphatic rings. The summed E-state index contributed by atoms with van der Waals surface area (Å²) >= 11 is 0. The van der Waals surface area contributed by atoms with Crippen molar-refractivity contribution in [3.8, 4) is 0 Å². The van der Waals surface area contributed by atoms with Crippen molar-refractivity contribution in [1.29, 1.82) is 0 Å². The van der Waals surface area contributed by atoms with Crippen molar-refractivity contribution in [2.24, 2.45) is 0 Å². The normalized spacial score (nSPS) is 14.0. The highest BCUT2D eigenvalue weighted by Crippen LogP contribution is 2.20. The molecule has 1 N–H and O–H groups in total. The van der Waals surface area contributed by atoms with E-state index in [9.17, 15) is 4.79 Å². The number of pyridine rings is 1. The van der Waals surface area contributed by atoms with Gasteiger partial charge in [-0.15, -0.1) is 0 Å². The molecule has 0 atom stereocenters. The summed E-state index contributed by atoms with van der Waals surface area (Å²) in [7, 11) is 0. The van der Waals surface area contributed by atoms with Gasteiger partial charge < -0.3 is 10.1 Å². The van der Waals surface area contributed by atoms with Crippen LogP contribution in [0.4, 0.5) is 5.82 Å². The van der Waals surface area contributed by atoms with Crippen LogP contribution in [0.3, 0.4) is 0 Å². The van der Waals surface area contributed by atoms with Gasteiger partial charge >= 0.3 is 0 Å². The lowest BCUT2D eigenvalue weighted by molar-refractivity contribution is -0.107. The molecule has 0 amide bonds. The number of fused-ring (bicyclic) bond motifs is 1. The number of carbonyl (C=O) groups is 1. The minimum absolute atomic E-state index is 0.468. The van der Waals surface area contributed by atoms with Gasteiger partial charge in [-0.2, -0.15) is 0 Å². The van der Waals surface area contributed by atoms with Crippen molar-refractivity contribution in [2.75, 3.05) is 11.9 Å². The number of allylic oxidation sites excluding steroid dienone is 1. The van der Waals surface area contributed by atoms with Gasteiger partial charge in [0.1, 0.15) is 12.1 Å². The van der Waals surface area contributed by atoms with E-state index < -0.39 is 0 Å². The van der Waals surface area contributed by atoms with E-state index in [1.807, 2.05) is 18.3 Å². The summed E-state index contributed by atoms with van der Waals surface area (Å²) in [6.07, 6.45) is 7.99. The first kappa shape index (κ1) is 8.94. The molecule has 0 saturated carbocycles. The SMILES string of the molecule is O=CCC=Cc1cnc2c(c1)CCN2. The number of nitrogens with zero attached hydrogens (tertiary/aromatic N) is 1. The van der Waals surface area contributed by atoms with Gasteiger partial charge in [0.05, 0.1) is 0 Å². The lowest BCUT2D eigenvalue weighted by atomic mass is 10.1. The molecule has 1 aromatic rings. The average Bonchev–Trinajstić information content (AvgIpc) is 2.65. The maximum atomic E-state index is 10.1. The number of nitrogens with one attached hydrogen (secondary N) is 1. The second-order valence-electron chi connectivity index (χ2n) is 3.26. The van der Waals surface area contributed by atoms with Gasteiger partial charge in [-0.1, -0.05) is 12.2 Å². The van der Waals surface area contributed by atoms with Crippen LogP contribution in [0.15, 0.2) is 18.3 Å². The van der Waals surface area contributed by atoms with Crippen LogP contribution in [0.2, 0.25) is 0 Å². The molecular formula is C11H12N2O. The zero-order chi connectivity index (χ0) is 9.80. The molecule has 0 fully saturated rings. The first-order valence-corrected chi connectivity index (χ1v) is 4.73. The van der Waals surface area contributed by atoms with Crippen molar-refractivity contribution in [2.45, 2.75) is 12.8 Å². The fraction of sp³-hybridized carbons (Fsp3) is 0.273. The Morgan fingerprint density at radius 2 is 2.50 bits per heavy atom. The number of aromatic nitrogens is 1. The third-order valence-electron chi connectivity index (χ3n) is 2.22. The molecule has 0 radical (unpaired) electrons. The predicted octanol–water partition coefficient (Wildman–Crippen LogP) is 1.65. The van der Waals surface area contributed by atoms with Gasteiger partial charge in [-0.05, 0) is 23.6 Å². The molecule has 0 unspecified atom stereocenters. The van der Waals surface area contributed by atoms with E-state index in [4.69, 9.17) is 0 Å². The van der Waals surface area contributed by atoms with Gasteiger partial charge in [0, 0.05) is 19.2 Å². The Hall–Kier alpha value is -1.64. The Kier molecular flexibility index (Phi) is 2.58. The van der Waals surface area contributed by atoms with Crippen molar-refractivity contribution >= 4 is 18.2 Å². The van der Waals surface area contributed by atoms with Crippen molar-refractivity contribution in [1.82, 2.24) is 4.98 Å². The van der Waals surface area contributed by atoms with E-state index in [-0.39, 0.29) is 0 Å². The third-order valence-corrected chi connectivity index (χ3v) is 2.22. The van der Waals surface area contributed by atoms with E-state index in [0.717, 1.165) is 30.6 Å².